The van der Waals surface area contributed by atoms with Crippen molar-refractivity contribution in [2.45, 2.75) is 52.2 Å². The summed E-state index contributed by atoms with van der Waals surface area (Å²) < 4.78 is 5.43. The zero-order valence-electron chi connectivity index (χ0n) is 9.11. The maximum absolute atomic E-state index is 5.43. The molecule has 0 fully saturated rings. The SMILES string of the molecule is CCCNC(CC)C(C)(C)OC. The Balaban J connectivity index is 3.95. The first-order valence-corrected chi connectivity index (χ1v) is 4.87. The molecule has 1 N–H and O–H groups in total. The summed E-state index contributed by atoms with van der Waals surface area (Å²) >= 11 is 0. The van der Waals surface area contributed by atoms with E-state index in [0.29, 0.717) is 6.04 Å². The summed E-state index contributed by atoms with van der Waals surface area (Å²) in [5.41, 5.74) is -0.0517. The molecule has 0 aromatic rings. The standard InChI is InChI=1S/C10H23NO/c1-6-8-11-9(7-2)10(3,4)12-5/h9,11H,6-8H2,1-5H3. The van der Waals surface area contributed by atoms with Crippen LogP contribution in [0.25, 0.3) is 0 Å². The molecule has 0 saturated carbocycles. The summed E-state index contributed by atoms with van der Waals surface area (Å²) in [7, 11) is 1.77. The first-order chi connectivity index (χ1) is 5.58. The number of hydrogen-bond acceptors (Lipinski definition) is 2. The number of rotatable bonds is 6. The molecule has 0 radical (unpaired) electrons. The molecule has 12 heavy (non-hydrogen) atoms. The third-order valence-electron chi connectivity index (χ3n) is 2.41. The van der Waals surface area contributed by atoms with E-state index in [1.807, 2.05) is 0 Å². The van der Waals surface area contributed by atoms with Gasteiger partial charge in [-0.05, 0) is 33.2 Å². The quantitative estimate of drug-likeness (QED) is 0.665. The lowest BCUT2D eigenvalue weighted by molar-refractivity contribution is -0.0111. The average molecular weight is 173 g/mol. The number of methoxy groups -OCH3 is 1. The highest BCUT2D eigenvalue weighted by atomic mass is 16.5. The topological polar surface area (TPSA) is 21.3 Å². The van der Waals surface area contributed by atoms with Gasteiger partial charge in [0.1, 0.15) is 0 Å². The summed E-state index contributed by atoms with van der Waals surface area (Å²) in [5.74, 6) is 0. The largest absolute Gasteiger partial charge is 0.377 e. The van der Waals surface area contributed by atoms with Crippen LogP contribution in [0, 0.1) is 0 Å². The van der Waals surface area contributed by atoms with E-state index in [2.05, 4.69) is 33.0 Å². The fourth-order valence-electron chi connectivity index (χ4n) is 1.34. The van der Waals surface area contributed by atoms with Gasteiger partial charge in [0.25, 0.3) is 0 Å². The molecule has 0 rings (SSSR count). The minimum atomic E-state index is -0.0517. The molecule has 0 heterocycles. The molecule has 0 spiro atoms. The Morgan fingerprint density at radius 2 is 1.92 bits per heavy atom. The van der Waals surface area contributed by atoms with Crippen LogP contribution in [0.5, 0.6) is 0 Å². The van der Waals surface area contributed by atoms with E-state index >= 15 is 0 Å². The van der Waals surface area contributed by atoms with E-state index in [4.69, 9.17) is 4.74 Å². The fourth-order valence-corrected chi connectivity index (χ4v) is 1.34. The third kappa shape index (κ3) is 3.55. The Kier molecular flexibility index (Phi) is 5.51. The van der Waals surface area contributed by atoms with E-state index in [0.717, 1.165) is 13.0 Å². The maximum Gasteiger partial charge on any atom is 0.0774 e. The average Bonchev–Trinajstić information content (AvgIpc) is 2.05. The summed E-state index contributed by atoms with van der Waals surface area (Å²) in [6, 6.07) is 0.461. The lowest BCUT2D eigenvalue weighted by Crippen LogP contribution is -2.47. The molecular weight excluding hydrogens is 150 g/mol. The Morgan fingerprint density at radius 1 is 1.33 bits per heavy atom. The zero-order chi connectivity index (χ0) is 9.61. The Bertz CT molecular complexity index is 112. The van der Waals surface area contributed by atoms with Crippen molar-refractivity contribution in [1.82, 2.24) is 5.32 Å². The molecule has 2 heteroatoms. The molecular formula is C10H23NO. The van der Waals surface area contributed by atoms with Gasteiger partial charge in [-0.2, -0.15) is 0 Å². The number of ether oxygens (including phenoxy) is 1. The highest BCUT2D eigenvalue weighted by molar-refractivity contribution is 4.83. The molecule has 0 bridgehead atoms. The maximum atomic E-state index is 5.43. The Hall–Kier alpha value is -0.0800. The van der Waals surface area contributed by atoms with Crippen LogP contribution >= 0.6 is 0 Å². The molecule has 0 saturated heterocycles. The van der Waals surface area contributed by atoms with Crippen LogP contribution in [0.4, 0.5) is 0 Å². The van der Waals surface area contributed by atoms with Crippen molar-refractivity contribution < 1.29 is 4.74 Å². The first kappa shape index (κ1) is 11.9. The smallest absolute Gasteiger partial charge is 0.0774 e. The Morgan fingerprint density at radius 3 is 2.25 bits per heavy atom. The number of nitrogens with one attached hydrogen (secondary N) is 1. The van der Waals surface area contributed by atoms with E-state index in [9.17, 15) is 0 Å². The highest BCUT2D eigenvalue weighted by Crippen LogP contribution is 2.16. The van der Waals surface area contributed by atoms with Gasteiger partial charge < -0.3 is 10.1 Å². The van der Waals surface area contributed by atoms with Crippen LogP contribution in [-0.2, 0) is 4.74 Å². The molecule has 0 aliphatic heterocycles. The predicted octanol–water partition coefficient (Wildman–Crippen LogP) is 2.19. The second kappa shape index (κ2) is 5.55. The normalized spacial score (nSPS) is 14.8. The van der Waals surface area contributed by atoms with Crippen molar-refractivity contribution >= 4 is 0 Å². The van der Waals surface area contributed by atoms with Crippen LogP contribution in [0.15, 0.2) is 0 Å². The summed E-state index contributed by atoms with van der Waals surface area (Å²) in [5, 5.41) is 3.49. The van der Waals surface area contributed by atoms with E-state index in [1.54, 1.807) is 7.11 Å². The second-order valence-electron chi connectivity index (χ2n) is 3.72. The second-order valence-corrected chi connectivity index (χ2v) is 3.72. The van der Waals surface area contributed by atoms with Gasteiger partial charge in [0, 0.05) is 13.2 Å². The number of hydrogen-bond donors (Lipinski definition) is 1. The molecule has 0 aromatic heterocycles. The lowest BCUT2D eigenvalue weighted by Gasteiger charge is -2.33. The highest BCUT2D eigenvalue weighted by Gasteiger charge is 2.26. The molecule has 74 valence electrons. The van der Waals surface area contributed by atoms with Gasteiger partial charge in [-0.1, -0.05) is 13.8 Å². The summed E-state index contributed by atoms with van der Waals surface area (Å²) in [6.45, 7) is 9.70. The third-order valence-corrected chi connectivity index (χ3v) is 2.41. The minimum absolute atomic E-state index is 0.0517. The van der Waals surface area contributed by atoms with Crippen molar-refractivity contribution in [2.24, 2.45) is 0 Å². The van der Waals surface area contributed by atoms with Crippen molar-refractivity contribution in [3.63, 3.8) is 0 Å². The van der Waals surface area contributed by atoms with Gasteiger partial charge in [-0.15, -0.1) is 0 Å². The summed E-state index contributed by atoms with van der Waals surface area (Å²) in [6.07, 6.45) is 2.29. The molecule has 2 nitrogen and oxygen atoms in total. The van der Waals surface area contributed by atoms with Crippen LogP contribution in [0.2, 0.25) is 0 Å². The van der Waals surface area contributed by atoms with Gasteiger partial charge in [-0.3, -0.25) is 0 Å². The van der Waals surface area contributed by atoms with E-state index in [1.165, 1.54) is 6.42 Å². The minimum Gasteiger partial charge on any atom is -0.377 e. The first-order valence-electron chi connectivity index (χ1n) is 4.87. The van der Waals surface area contributed by atoms with Crippen molar-refractivity contribution in [3.8, 4) is 0 Å². The van der Waals surface area contributed by atoms with Gasteiger partial charge in [0.2, 0.25) is 0 Å². The monoisotopic (exact) mass is 173 g/mol. The van der Waals surface area contributed by atoms with Crippen molar-refractivity contribution in [1.29, 1.82) is 0 Å². The fraction of sp³-hybridized carbons (Fsp3) is 1.00. The van der Waals surface area contributed by atoms with Crippen LogP contribution in [-0.4, -0.2) is 25.3 Å². The van der Waals surface area contributed by atoms with Gasteiger partial charge in [0.15, 0.2) is 0 Å². The van der Waals surface area contributed by atoms with Crippen LogP contribution < -0.4 is 5.32 Å². The van der Waals surface area contributed by atoms with Crippen molar-refractivity contribution in [2.75, 3.05) is 13.7 Å². The van der Waals surface area contributed by atoms with E-state index in [-0.39, 0.29) is 5.60 Å². The molecule has 0 aliphatic carbocycles. The van der Waals surface area contributed by atoms with Crippen molar-refractivity contribution in [3.05, 3.63) is 0 Å². The summed E-state index contributed by atoms with van der Waals surface area (Å²) in [4.78, 5) is 0. The van der Waals surface area contributed by atoms with Crippen LogP contribution in [0.1, 0.15) is 40.5 Å². The van der Waals surface area contributed by atoms with Gasteiger partial charge in [-0.25, -0.2) is 0 Å². The van der Waals surface area contributed by atoms with Crippen LogP contribution in [0.3, 0.4) is 0 Å². The molecule has 0 aliphatic rings. The predicted molar refractivity (Wildman–Crippen MR) is 53.5 cm³/mol. The van der Waals surface area contributed by atoms with E-state index < -0.39 is 0 Å². The molecule has 0 aromatic carbocycles. The molecule has 0 amide bonds. The lowest BCUT2D eigenvalue weighted by atomic mass is 9.96. The Labute approximate surface area is 76.7 Å². The molecule has 1 unspecified atom stereocenters. The molecule has 1 atom stereocenters. The van der Waals surface area contributed by atoms with Gasteiger partial charge >= 0.3 is 0 Å². The van der Waals surface area contributed by atoms with Gasteiger partial charge in [0.05, 0.1) is 5.60 Å². The zero-order valence-corrected chi connectivity index (χ0v) is 9.11.